The van der Waals surface area contributed by atoms with Crippen molar-refractivity contribution in [2.45, 2.75) is 61.4 Å². The lowest BCUT2D eigenvalue weighted by molar-refractivity contribution is -0.143. The Kier molecular flexibility index (Phi) is 16.6. The molecule has 6 aliphatic rings. The summed E-state index contributed by atoms with van der Waals surface area (Å²) in [5.41, 5.74) is -1.06. The fraction of sp³-hybridized carbons (Fsp3) is 0.167. The SMILES string of the molecule is CN(Cc1ccccc1)C1C(=O)NC2Cc3ccc(cc3)Oc3cc4cc(c3O)Oc3ccc(cc3Cl)C(O)C3NC(=O)C(NC(=O)C4NC(=O)C(NC2=O)c2cc(cc(O)c2Cl)Oc2cc1ccc2O)c1ccc(O)c(c1)-c1c(O)cc(O)cc1C(C(=O)O)NC3=O. The number of halogens is 2. The number of hydrogen-bond donors (Lipinski definition) is 14. The zero-order valence-corrected chi connectivity index (χ0v) is 49.8. The largest absolute Gasteiger partial charge is 0.508 e. The van der Waals surface area contributed by atoms with Gasteiger partial charge in [-0.3, -0.25) is 33.7 Å². The van der Waals surface area contributed by atoms with Gasteiger partial charge in [-0.2, -0.15) is 0 Å². The summed E-state index contributed by atoms with van der Waals surface area (Å²) in [5, 5.41) is 106. The van der Waals surface area contributed by atoms with Gasteiger partial charge in [-0.05, 0) is 113 Å². The number of hydrogen-bond acceptors (Lipinski definition) is 18. The number of aliphatic hydroxyl groups is 1. The number of benzene rings is 8. The van der Waals surface area contributed by atoms with Crippen LogP contribution in [0, 0.1) is 0 Å². The van der Waals surface area contributed by atoms with Gasteiger partial charge in [-0.25, -0.2) is 4.79 Å². The molecule has 0 aliphatic carbocycles. The minimum Gasteiger partial charge on any atom is -0.508 e. The van der Waals surface area contributed by atoms with Crippen molar-refractivity contribution in [3.8, 4) is 80.1 Å². The molecule has 6 heterocycles. The molecular formula is C66H53Cl2N7O18. The van der Waals surface area contributed by atoms with E-state index in [1.807, 2.05) is 30.3 Å². The number of phenols is 6. The Morgan fingerprint density at radius 2 is 1.16 bits per heavy atom. The average molecular weight is 1300 g/mol. The van der Waals surface area contributed by atoms with Crippen LogP contribution in [-0.2, 0) is 46.5 Å². The predicted octanol–water partition coefficient (Wildman–Crippen LogP) is 7.16. The van der Waals surface area contributed by atoms with E-state index >= 15 is 24.0 Å². The molecule has 93 heavy (non-hydrogen) atoms. The van der Waals surface area contributed by atoms with E-state index < -0.39 is 163 Å². The summed E-state index contributed by atoms with van der Waals surface area (Å²) < 4.78 is 18.8. The van der Waals surface area contributed by atoms with Gasteiger partial charge in [0.2, 0.25) is 41.2 Å². The number of carbonyl (C=O) groups excluding carboxylic acids is 6. The number of nitrogens with one attached hydrogen (secondary N) is 6. The third kappa shape index (κ3) is 12.3. The van der Waals surface area contributed by atoms with Crippen molar-refractivity contribution in [3.05, 3.63) is 200 Å². The fourth-order valence-electron chi connectivity index (χ4n) is 11.6. The van der Waals surface area contributed by atoms with Gasteiger partial charge in [0, 0.05) is 47.4 Å². The summed E-state index contributed by atoms with van der Waals surface area (Å²) in [4.78, 5) is 107. The minimum atomic E-state index is -2.20. The van der Waals surface area contributed by atoms with E-state index in [2.05, 4.69) is 31.9 Å². The number of aliphatic hydroxyl groups excluding tert-OH is 1. The number of carboxylic acids is 1. The van der Waals surface area contributed by atoms with E-state index in [1.165, 1.54) is 42.5 Å². The normalized spacial score (nSPS) is 21.2. The molecule has 0 radical (unpaired) electrons. The van der Waals surface area contributed by atoms with Crippen molar-refractivity contribution >= 4 is 64.6 Å². The Morgan fingerprint density at radius 1 is 0.527 bits per heavy atom. The number of amides is 6. The number of aliphatic carboxylic acids is 1. The molecule has 474 valence electrons. The van der Waals surface area contributed by atoms with Gasteiger partial charge >= 0.3 is 5.97 Å². The fourth-order valence-corrected chi connectivity index (χ4v) is 12.0. The Bertz CT molecular complexity index is 4420. The van der Waals surface area contributed by atoms with Crippen molar-refractivity contribution in [1.82, 2.24) is 36.8 Å². The van der Waals surface area contributed by atoms with Gasteiger partial charge in [-0.1, -0.05) is 83.9 Å². The molecule has 6 amide bonds. The molecule has 6 aliphatic heterocycles. The molecule has 14 N–H and O–H groups in total. The quantitative estimate of drug-likeness (QED) is 0.0831. The first-order chi connectivity index (χ1) is 44.5. The summed E-state index contributed by atoms with van der Waals surface area (Å²) >= 11 is 13.8. The van der Waals surface area contributed by atoms with Crippen LogP contribution in [0.2, 0.25) is 10.0 Å². The number of phenolic OH excluding ortho intramolecular Hbond substituents is 6. The first-order valence-corrected chi connectivity index (χ1v) is 29.2. The number of nitrogens with zero attached hydrogens (tertiary/aromatic N) is 1. The van der Waals surface area contributed by atoms with E-state index in [0.717, 1.165) is 66.2 Å². The lowest BCUT2D eigenvalue weighted by Crippen LogP contribution is -2.55. The zero-order chi connectivity index (χ0) is 65.8. The maximum absolute atomic E-state index is 15.9. The lowest BCUT2D eigenvalue weighted by Gasteiger charge is -2.32. The van der Waals surface area contributed by atoms with Gasteiger partial charge in [0.25, 0.3) is 0 Å². The Balaban J connectivity index is 1.06. The van der Waals surface area contributed by atoms with Crippen LogP contribution in [0.1, 0.15) is 80.8 Å². The maximum Gasteiger partial charge on any atom is 0.330 e. The highest BCUT2D eigenvalue weighted by molar-refractivity contribution is 6.33. The number of carboxylic acid groups (broad SMARTS) is 1. The molecule has 8 aromatic rings. The lowest BCUT2D eigenvalue weighted by atomic mass is 9.89. The van der Waals surface area contributed by atoms with Crippen LogP contribution in [0.4, 0.5) is 0 Å². The highest BCUT2D eigenvalue weighted by Gasteiger charge is 2.42. The van der Waals surface area contributed by atoms with Crippen molar-refractivity contribution in [2.24, 2.45) is 0 Å². The molecule has 8 aromatic carbocycles. The first-order valence-electron chi connectivity index (χ1n) is 28.5. The Labute approximate surface area is 536 Å². The number of likely N-dealkylation sites (N-methyl/N-ethyl adjacent to an activating group) is 1. The number of rotatable bonds is 4. The van der Waals surface area contributed by atoms with Crippen LogP contribution >= 0.6 is 23.2 Å². The number of ether oxygens (including phenoxy) is 3. The summed E-state index contributed by atoms with van der Waals surface area (Å²) in [7, 11) is 1.67. The van der Waals surface area contributed by atoms with E-state index in [0.29, 0.717) is 5.56 Å². The number of fused-ring (bicyclic) bond motifs is 14. The summed E-state index contributed by atoms with van der Waals surface area (Å²) in [6.07, 6.45) is -2.41. The second-order valence-corrected chi connectivity index (χ2v) is 23.2. The summed E-state index contributed by atoms with van der Waals surface area (Å²) in [5.74, 6) is -14.6. The van der Waals surface area contributed by atoms with Crippen molar-refractivity contribution in [3.63, 3.8) is 0 Å². The van der Waals surface area contributed by atoms with Crippen LogP contribution in [0.15, 0.2) is 146 Å². The number of aromatic hydroxyl groups is 6. The molecule has 0 aromatic heterocycles. The van der Waals surface area contributed by atoms with Gasteiger partial charge in [0.05, 0.1) is 10.0 Å². The maximum atomic E-state index is 15.9. The van der Waals surface area contributed by atoms with Crippen LogP contribution in [-0.4, -0.2) is 106 Å². The van der Waals surface area contributed by atoms with E-state index in [1.54, 1.807) is 24.1 Å². The summed E-state index contributed by atoms with van der Waals surface area (Å²) in [6.45, 7) is 0.189. The van der Waals surface area contributed by atoms with Crippen LogP contribution in [0.25, 0.3) is 11.1 Å². The molecule has 0 spiro atoms. The molecular weight excluding hydrogens is 1250 g/mol. The monoisotopic (exact) mass is 1300 g/mol. The van der Waals surface area contributed by atoms with Gasteiger partial charge in [-0.15, -0.1) is 0 Å². The third-order valence-electron chi connectivity index (χ3n) is 16.1. The topological polar surface area (TPSA) is 384 Å². The Hall–Kier alpha value is -11.3. The van der Waals surface area contributed by atoms with E-state index in [-0.39, 0.29) is 63.2 Å². The van der Waals surface area contributed by atoms with Crippen molar-refractivity contribution < 1.29 is 88.6 Å². The zero-order valence-electron chi connectivity index (χ0n) is 48.3. The molecule has 8 atom stereocenters. The highest BCUT2D eigenvalue weighted by atomic mass is 35.5. The standard InChI is InChI=1S/C66H53Cl2N7O18/c1-75(27-29-5-3-2-4-6-29)57-31-10-15-43(78)47(20-31)92-36-25-39(51(68)45(80)26-36)54-63(86)71-53-33-21-48(91-35-12-7-28(8-13-35)17-41(60(83)72-54)69-65(57)88)59(82)49(22-33)93-46-16-11-32(19-40(46)67)58(81)56-64(87)73-55(66(89)90)38-23-34(76)24-44(79)50(38)37-18-30(9-14-42(37)77)52(61(84)74-56)70-62(53)85/h2-16,18-26,41,52-58,76-82H,17,27H2,1H3,(H,69,88)(H,70,85)(H,71,86)(H,72,83)(H,73,87)(H,74,84)(H,89,90). The molecule has 14 rings (SSSR count). The second-order valence-electron chi connectivity index (χ2n) is 22.4. The van der Waals surface area contributed by atoms with Crippen molar-refractivity contribution in [1.29, 1.82) is 0 Å². The van der Waals surface area contributed by atoms with Gasteiger partial charge < -0.3 is 87.0 Å². The molecule has 0 saturated carbocycles. The van der Waals surface area contributed by atoms with Crippen LogP contribution < -0.4 is 46.1 Å². The predicted molar refractivity (Wildman–Crippen MR) is 329 cm³/mol. The smallest absolute Gasteiger partial charge is 0.330 e. The van der Waals surface area contributed by atoms with Crippen molar-refractivity contribution in [2.75, 3.05) is 7.05 Å². The Morgan fingerprint density at radius 3 is 1.88 bits per heavy atom. The highest BCUT2D eigenvalue weighted by Crippen LogP contribution is 2.48. The van der Waals surface area contributed by atoms with E-state index in [4.69, 9.17) is 37.4 Å². The van der Waals surface area contributed by atoms with Crippen LogP contribution in [0.5, 0.6) is 69.0 Å². The molecule has 0 fully saturated rings. The third-order valence-corrected chi connectivity index (χ3v) is 16.8. The minimum absolute atomic E-state index is 0.0405. The molecule has 0 saturated heterocycles. The average Bonchev–Trinajstić information content (AvgIpc) is 0.784. The molecule has 25 nitrogen and oxygen atoms in total. The van der Waals surface area contributed by atoms with Crippen LogP contribution in [0.3, 0.4) is 0 Å². The van der Waals surface area contributed by atoms with Gasteiger partial charge in [0.15, 0.2) is 29.0 Å². The molecule has 27 heteroatoms. The molecule has 8 unspecified atom stereocenters. The first kappa shape index (κ1) is 62.0. The second kappa shape index (κ2) is 24.9. The van der Waals surface area contributed by atoms with Gasteiger partial charge in [0.1, 0.15) is 82.6 Å². The summed E-state index contributed by atoms with van der Waals surface area (Å²) in [6, 6.07) is 18.7. The number of carbonyl (C=O) groups is 7. The molecule has 17 bridgehead atoms. The van der Waals surface area contributed by atoms with E-state index in [9.17, 15) is 50.4 Å².